The Hall–Kier alpha value is -2.11. The second-order valence-corrected chi connectivity index (χ2v) is 3.58. The van der Waals surface area contributed by atoms with Crippen LogP contribution in [0.2, 0.25) is 0 Å². The normalized spacial score (nSPS) is 9.76. The molecule has 1 aromatic rings. The number of anilines is 1. The number of aryl methyl sites for hydroxylation is 1. The average Bonchev–Trinajstić information content (AvgIpc) is 2.28. The molecule has 0 fully saturated rings. The van der Waals surface area contributed by atoms with Crippen LogP contribution < -0.4 is 10.6 Å². The number of carbonyl (C=O) groups excluding carboxylic acids is 1. The van der Waals surface area contributed by atoms with Crippen LogP contribution in [0, 0.1) is 17.0 Å². The number of benzene rings is 1. The highest BCUT2D eigenvalue weighted by Crippen LogP contribution is 2.27. The van der Waals surface area contributed by atoms with Crippen molar-refractivity contribution in [3.63, 3.8) is 0 Å². The Morgan fingerprint density at radius 1 is 1.47 bits per heavy atom. The first-order valence-electron chi connectivity index (χ1n) is 5.24. The number of hydrogen-bond donors (Lipinski definition) is 2. The number of nitrogens with zero attached hydrogens (tertiary/aromatic N) is 1. The van der Waals surface area contributed by atoms with Crippen LogP contribution >= 0.6 is 0 Å². The van der Waals surface area contributed by atoms with Gasteiger partial charge in [0.25, 0.3) is 5.69 Å². The van der Waals surface area contributed by atoms with Gasteiger partial charge in [0, 0.05) is 25.6 Å². The monoisotopic (exact) mass is 237 g/mol. The van der Waals surface area contributed by atoms with Crippen LogP contribution in [0.5, 0.6) is 0 Å². The second-order valence-electron chi connectivity index (χ2n) is 3.58. The predicted molar refractivity (Wildman–Crippen MR) is 65.0 cm³/mol. The van der Waals surface area contributed by atoms with E-state index in [1.807, 2.05) is 0 Å². The summed E-state index contributed by atoms with van der Waals surface area (Å²) in [6.07, 6.45) is 0.279. The number of nitrogens with one attached hydrogen (secondary N) is 2. The molecule has 0 bridgehead atoms. The third-order valence-corrected chi connectivity index (χ3v) is 2.37. The van der Waals surface area contributed by atoms with Crippen molar-refractivity contribution in [3.8, 4) is 0 Å². The van der Waals surface area contributed by atoms with Gasteiger partial charge in [0.15, 0.2) is 0 Å². The zero-order valence-electron chi connectivity index (χ0n) is 9.82. The van der Waals surface area contributed by atoms with E-state index in [0.717, 1.165) is 0 Å². The summed E-state index contributed by atoms with van der Waals surface area (Å²) in [5.41, 5.74) is 1.10. The molecule has 6 heteroatoms. The van der Waals surface area contributed by atoms with E-state index in [9.17, 15) is 14.9 Å². The van der Waals surface area contributed by atoms with Crippen molar-refractivity contribution in [2.75, 3.05) is 18.9 Å². The van der Waals surface area contributed by atoms with E-state index >= 15 is 0 Å². The van der Waals surface area contributed by atoms with Crippen molar-refractivity contribution in [1.29, 1.82) is 0 Å². The molecule has 0 radical (unpaired) electrons. The third-order valence-electron chi connectivity index (χ3n) is 2.37. The first-order chi connectivity index (χ1) is 8.06. The number of nitro groups is 1. The van der Waals surface area contributed by atoms with E-state index in [1.165, 1.54) is 0 Å². The molecule has 92 valence electrons. The summed E-state index contributed by atoms with van der Waals surface area (Å²) in [7, 11) is 1.55. The SMILES string of the molecule is CNC(=O)CCNc1cccc(C)c1[N+](=O)[O-]. The van der Waals surface area contributed by atoms with Gasteiger partial charge in [-0.2, -0.15) is 0 Å². The number of carbonyl (C=O) groups is 1. The molecular weight excluding hydrogens is 222 g/mol. The highest BCUT2D eigenvalue weighted by atomic mass is 16.6. The van der Waals surface area contributed by atoms with Crippen molar-refractivity contribution in [2.24, 2.45) is 0 Å². The van der Waals surface area contributed by atoms with Crippen LogP contribution in [0.25, 0.3) is 0 Å². The van der Waals surface area contributed by atoms with E-state index in [2.05, 4.69) is 10.6 Å². The maximum atomic E-state index is 11.0. The lowest BCUT2D eigenvalue weighted by atomic mass is 10.1. The molecule has 1 amide bonds. The minimum absolute atomic E-state index is 0.0596. The quantitative estimate of drug-likeness (QED) is 0.599. The molecule has 0 heterocycles. The molecule has 2 N–H and O–H groups in total. The van der Waals surface area contributed by atoms with Crippen LogP contribution in [0.15, 0.2) is 18.2 Å². The van der Waals surface area contributed by atoms with Crippen molar-refractivity contribution >= 4 is 17.3 Å². The van der Waals surface area contributed by atoms with Gasteiger partial charge in [0.1, 0.15) is 5.69 Å². The maximum absolute atomic E-state index is 11.0. The van der Waals surface area contributed by atoms with Gasteiger partial charge in [0.2, 0.25) is 5.91 Å². The van der Waals surface area contributed by atoms with E-state index in [-0.39, 0.29) is 18.0 Å². The van der Waals surface area contributed by atoms with Gasteiger partial charge >= 0.3 is 0 Å². The minimum Gasteiger partial charge on any atom is -0.379 e. The molecule has 17 heavy (non-hydrogen) atoms. The fourth-order valence-corrected chi connectivity index (χ4v) is 1.48. The Bertz CT molecular complexity index is 432. The topological polar surface area (TPSA) is 84.3 Å². The number of nitro benzene ring substituents is 1. The largest absolute Gasteiger partial charge is 0.379 e. The van der Waals surface area contributed by atoms with Crippen LogP contribution in [-0.4, -0.2) is 24.4 Å². The minimum atomic E-state index is -0.419. The number of hydrogen-bond acceptors (Lipinski definition) is 4. The molecule has 0 aromatic heterocycles. The molecule has 0 atom stereocenters. The maximum Gasteiger partial charge on any atom is 0.295 e. The first-order valence-corrected chi connectivity index (χ1v) is 5.24. The van der Waals surface area contributed by atoms with Crippen molar-refractivity contribution in [3.05, 3.63) is 33.9 Å². The predicted octanol–water partition coefficient (Wildman–Crippen LogP) is 1.45. The van der Waals surface area contributed by atoms with Crippen molar-refractivity contribution < 1.29 is 9.72 Å². The smallest absolute Gasteiger partial charge is 0.295 e. The summed E-state index contributed by atoms with van der Waals surface area (Å²) in [5.74, 6) is -0.104. The zero-order valence-corrected chi connectivity index (χ0v) is 9.82. The second kappa shape index (κ2) is 5.83. The Morgan fingerprint density at radius 2 is 2.18 bits per heavy atom. The van der Waals surface area contributed by atoms with Gasteiger partial charge in [-0.3, -0.25) is 14.9 Å². The summed E-state index contributed by atoms with van der Waals surface area (Å²) >= 11 is 0. The summed E-state index contributed by atoms with van der Waals surface area (Å²) in [6.45, 7) is 2.05. The molecule has 1 rings (SSSR count). The summed E-state index contributed by atoms with van der Waals surface area (Å²) in [5, 5.41) is 16.3. The molecule has 0 saturated carbocycles. The van der Waals surface area contributed by atoms with E-state index in [0.29, 0.717) is 17.8 Å². The number of rotatable bonds is 5. The van der Waals surface area contributed by atoms with Gasteiger partial charge in [-0.1, -0.05) is 12.1 Å². The lowest BCUT2D eigenvalue weighted by Gasteiger charge is -2.07. The fourth-order valence-electron chi connectivity index (χ4n) is 1.48. The molecule has 6 nitrogen and oxygen atoms in total. The van der Waals surface area contributed by atoms with Gasteiger partial charge in [-0.15, -0.1) is 0 Å². The third kappa shape index (κ3) is 3.44. The molecule has 0 aliphatic rings. The van der Waals surface area contributed by atoms with Gasteiger partial charge < -0.3 is 10.6 Å². The van der Waals surface area contributed by atoms with Crippen LogP contribution in [-0.2, 0) is 4.79 Å². The lowest BCUT2D eigenvalue weighted by Crippen LogP contribution is -2.21. The van der Waals surface area contributed by atoms with E-state index in [1.54, 1.807) is 32.2 Å². The number of para-hydroxylation sites is 1. The lowest BCUT2D eigenvalue weighted by molar-refractivity contribution is -0.384. The molecule has 0 aliphatic carbocycles. The molecule has 0 unspecified atom stereocenters. The number of amides is 1. The summed E-state index contributed by atoms with van der Waals surface area (Å²) in [6, 6.07) is 5.06. The van der Waals surface area contributed by atoms with Crippen molar-refractivity contribution in [1.82, 2.24) is 5.32 Å². The Balaban J connectivity index is 2.74. The highest BCUT2D eigenvalue weighted by molar-refractivity contribution is 5.76. The Kier molecular flexibility index (Phi) is 4.45. The molecule has 0 spiro atoms. The average molecular weight is 237 g/mol. The van der Waals surface area contributed by atoms with Crippen LogP contribution in [0.4, 0.5) is 11.4 Å². The van der Waals surface area contributed by atoms with Crippen LogP contribution in [0.3, 0.4) is 0 Å². The Morgan fingerprint density at radius 3 is 2.76 bits per heavy atom. The zero-order chi connectivity index (χ0) is 12.8. The fraction of sp³-hybridized carbons (Fsp3) is 0.364. The molecule has 0 saturated heterocycles. The highest BCUT2D eigenvalue weighted by Gasteiger charge is 2.16. The van der Waals surface area contributed by atoms with Gasteiger partial charge in [-0.25, -0.2) is 0 Å². The molecule has 1 aromatic carbocycles. The summed E-state index contributed by atoms with van der Waals surface area (Å²) in [4.78, 5) is 21.5. The summed E-state index contributed by atoms with van der Waals surface area (Å²) < 4.78 is 0. The van der Waals surface area contributed by atoms with Crippen molar-refractivity contribution in [2.45, 2.75) is 13.3 Å². The van der Waals surface area contributed by atoms with Gasteiger partial charge in [0.05, 0.1) is 4.92 Å². The standard InChI is InChI=1S/C11H15N3O3/c1-8-4-3-5-9(11(8)14(16)17)13-7-6-10(15)12-2/h3-5,13H,6-7H2,1-2H3,(H,12,15). The molecule has 0 aliphatic heterocycles. The van der Waals surface area contributed by atoms with Crippen LogP contribution in [0.1, 0.15) is 12.0 Å². The Labute approximate surface area is 99.2 Å². The van der Waals surface area contributed by atoms with Gasteiger partial charge in [-0.05, 0) is 13.0 Å². The first kappa shape index (κ1) is 13.0. The molecular formula is C11H15N3O3. The van der Waals surface area contributed by atoms with E-state index in [4.69, 9.17) is 0 Å². The van der Waals surface area contributed by atoms with E-state index < -0.39 is 4.92 Å².